The van der Waals surface area contributed by atoms with E-state index >= 15 is 0 Å². The minimum absolute atomic E-state index is 1.53. The molecule has 1 aromatic heterocycles. The van der Waals surface area contributed by atoms with E-state index in [2.05, 4.69) is 32.5 Å². The molecule has 0 unspecified atom stereocenters. The summed E-state index contributed by atoms with van der Waals surface area (Å²) in [6.45, 7) is 0. The van der Waals surface area contributed by atoms with E-state index < -0.39 is 18.4 Å². The standard InChI is InChI=1S/C5H5S2.3CH3.Sn/c1-6-5-2-3-7-4-5;;;;/h2-3H,1H3;3*1H3;. The zero-order valence-electron chi connectivity index (χ0n) is 7.47. The fourth-order valence-electron chi connectivity index (χ4n) is 1.00. The van der Waals surface area contributed by atoms with E-state index in [1.54, 1.807) is 2.89 Å². The Balaban J connectivity index is 3.02. The molecule has 3 heteroatoms. The van der Waals surface area contributed by atoms with Crippen LogP contribution in [0, 0.1) is 0 Å². The summed E-state index contributed by atoms with van der Waals surface area (Å²) in [6.07, 6.45) is 2.17. The molecule has 0 saturated carbocycles. The van der Waals surface area contributed by atoms with Crippen LogP contribution in [0.25, 0.3) is 0 Å². The first kappa shape index (κ1) is 9.93. The molecule has 0 spiro atoms. The van der Waals surface area contributed by atoms with E-state index in [9.17, 15) is 0 Å². The maximum absolute atomic E-state index is 2.47. The van der Waals surface area contributed by atoms with E-state index in [4.69, 9.17) is 0 Å². The van der Waals surface area contributed by atoms with Crippen LogP contribution in [0.2, 0.25) is 14.8 Å². The fourth-order valence-corrected chi connectivity index (χ4v) is 11.6. The minimum atomic E-state index is -1.75. The quantitative estimate of drug-likeness (QED) is 0.596. The summed E-state index contributed by atoms with van der Waals surface area (Å²) in [4.78, 5) is 8.94. The Labute approximate surface area is 81.3 Å². The Kier molecular flexibility index (Phi) is 3.35. The Hall–Kier alpha value is 0.849. The van der Waals surface area contributed by atoms with Crippen molar-refractivity contribution < 1.29 is 0 Å². The van der Waals surface area contributed by atoms with Gasteiger partial charge in [-0.2, -0.15) is 0 Å². The Bertz CT molecular complexity index is 234. The molecule has 0 saturated heterocycles. The van der Waals surface area contributed by atoms with Crippen LogP contribution < -0.4 is 2.89 Å². The molecular weight excluding hydrogens is 279 g/mol. The molecule has 1 heterocycles. The predicted molar refractivity (Wildman–Crippen MR) is 59.1 cm³/mol. The number of rotatable bonds is 2. The molecule has 0 amide bonds. The first-order chi connectivity index (χ1) is 5.05. The monoisotopic (exact) mass is 294 g/mol. The van der Waals surface area contributed by atoms with E-state index in [-0.39, 0.29) is 0 Å². The Morgan fingerprint density at radius 2 is 2.00 bits per heavy atom. The molecule has 62 valence electrons. The average molecular weight is 293 g/mol. The van der Waals surface area contributed by atoms with Gasteiger partial charge in [0.2, 0.25) is 0 Å². The van der Waals surface area contributed by atoms with Gasteiger partial charge in [0.1, 0.15) is 0 Å². The van der Waals surface area contributed by atoms with Gasteiger partial charge in [0, 0.05) is 0 Å². The second kappa shape index (κ2) is 3.71. The zero-order chi connectivity index (χ0) is 8.48. The molecule has 0 aromatic carbocycles. The van der Waals surface area contributed by atoms with E-state index in [0.717, 1.165) is 0 Å². The predicted octanol–water partition coefficient (Wildman–Crippen LogP) is 3.02. The Morgan fingerprint density at radius 3 is 2.36 bits per heavy atom. The molecule has 0 nitrogen and oxygen atoms in total. The van der Waals surface area contributed by atoms with Crippen molar-refractivity contribution in [3.63, 3.8) is 0 Å². The Morgan fingerprint density at radius 1 is 1.36 bits per heavy atom. The zero-order valence-corrected chi connectivity index (χ0v) is 12.0. The van der Waals surface area contributed by atoms with Gasteiger partial charge in [0.15, 0.2) is 0 Å². The molecule has 0 bridgehead atoms. The summed E-state index contributed by atoms with van der Waals surface area (Å²) < 4.78 is 1.71. The van der Waals surface area contributed by atoms with Crippen molar-refractivity contribution in [2.45, 2.75) is 19.7 Å². The second-order valence-corrected chi connectivity index (χ2v) is 20.6. The van der Waals surface area contributed by atoms with Crippen molar-refractivity contribution in [3.05, 3.63) is 11.4 Å². The number of thioether (sulfide) groups is 1. The van der Waals surface area contributed by atoms with Crippen molar-refractivity contribution in [1.29, 1.82) is 0 Å². The summed E-state index contributed by atoms with van der Waals surface area (Å²) in [5.41, 5.74) is 0. The number of hydrogen-bond acceptors (Lipinski definition) is 2. The van der Waals surface area contributed by atoms with Crippen LogP contribution in [0.3, 0.4) is 0 Å². The molecular formula is C8H14S2Sn. The summed E-state index contributed by atoms with van der Waals surface area (Å²) in [5.74, 6) is 0. The van der Waals surface area contributed by atoms with Crippen molar-refractivity contribution in [3.8, 4) is 0 Å². The summed E-state index contributed by atoms with van der Waals surface area (Å²) >= 11 is 2.10. The van der Waals surface area contributed by atoms with Crippen LogP contribution in [0.15, 0.2) is 16.3 Å². The maximum atomic E-state index is 2.47. The summed E-state index contributed by atoms with van der Waals surface area (Å²) in [7, 11) is 0. The van der Waals surface area contributed by atoms with Crippen molar-refractivity contribution >= 4 is 44.4 Å². The van der Waals surface area contributed by atoms with Gasteiger partial charge < -0.3 is 0 Å². The molecule has 1 rings (SSSR count). The van der Waals surface area contributed by atoms with E-state index in [1.165, 1.54) is 4.90 Å². The summed E-state index contributed by atoms with van der Waals surface area (Å²) in [5, 5.41) is 2.23. The van der Waals surface area contributed by atoms with Gasteiger partial charge in [-0.1, -0.05) is 0 Å². The van der Waals surface area contributed by atoms with Gasteiger partial charge in [-0.25, -0.2) is 0 Å². The van der Waals surface area contributed by atoms with Crippen LogP contribution in [0.5, 0.6) is 0 Å². The number of hydrogen-bond donors (Lipinski definition) is 0. The molecule has 0 N–H and O–H groups in total. The van der Waals surface area contributed by atoms with Crippen LogP contribution in [-0.4, -0.2) is 24.6 Å². The first-order valence-corrected chi connectivity index (χ1v) is 15.8. The van der Waals surface area contributed by atoms with E-state index in [1.807, 2.05) is 23.1 Å². The third-order valence-electron chi connectivity index (χ3n) is 1.53. The fraction of sp³-hybridized carbons (Fsp3) is 0.500. The molecule has 11 heavy (non-hydrogen) atoms. The molecule has 1 aromatic rings. The van der Waals surface area contributed by atoms with Gasteiger partial charge in [0.25, 0.3) is 0 Å². The topological polar surface area (TPSA) is 0 Å². The van der Waals surface area contributed by atoms with E-state index in [0.29, 0.717) is 0 Å². The normalized spacial score (nSPS) is 12.0. The third-order valence-corrected chi connectivity index (χ3v) is 13.5. The van der Waals surface area contributed by atoms with Crippen molar-refractivity contribution in [2.75, 3.05) is 6.26 Å². The van der Waals surface area contributed by atoms with Gasteiger partial charge in [-0.05, 0) is 0 Å². The molecule has 0 aliphatic carbocycles. The molecule has 0 aliphatic rings. The average Bonchev–Trinajstić information content (AvgIpc) is 2.31. The molecule has 0 fully saturated rings. The molecule has 0 radical (unpaired) electrons. The van der Waals surface area contributed by atoms with Gasteiger partial charge in [0.05, 0.1) is 0 Å². The molecule has 0 aliphatic heterocycles. The van der Waals surface area contributed by atoms with Crippen molar-refractivity contribution in [1.82, 2.24) is 0 Å². The SMILES string of the molecule is CSc1ccs[c]1[Sn]([CH3])([CH3])[CH3]. The van der Waals surface area contributed by atoms with Crippen molar-refractivity contribution in [2.24, 2.45) is 0 Å². The number of thiophene rings is 1. The van der Waals surface area contributed by atoms with Gasteiger partial charge in [-0.15, -0.1) is 0 Å². The van der Waals surface area contributed by atoms with Crippen LogP contribution in [0.1, 0.15) is 0 Å². The third kappa shape index (κ3) is 2.39. The van der Waals surface area contributed by atoms with Crippen LogP contribution in [-0.2, 0) is 0 Å². The van der Waals surface area contributed by atoms with Gasteiger partial charge >= 0.3 is 81.8 Å². The molecule has 0 atom stereocenters. The second-order valence-electron chi connectivity index (χ2n) is 3.57. The first-order valence-electron chi connectivity index (χ1n) is 3.67. The van der Waals surface area contributed by atoms with Crippen LogP contribution >= 0.6 is 23.1 Å². The van der Waals surface area contributed by atoms with Gasteiger partial charge in [-0.3, -0.25) is 0 Å². The summed E-state index contributed by atoms with van der Waals surface area (Å²) in [6, 6.07) is 2.26. The van der Waals surface area contributed by atoms with Crippen LogP contribution in [0.4, 0.5) is 0 Å².